The summed E-state index contributed by atoms with van der Waals surface area (Å²) >= 11 is 0. The van der Waals surface area contributed by atoms with Gasteiger partial charge in [0.2, 0.25) is 0 Å². The summed E-state index contributed by atoms with van der Waals surface area (Å²) in [7, 11) is 0. The Hall–Kier alpha value is -1.85. The molecule has 0 saturated heterocycles. The van der Waals surface area contributed by atoms with E-state index in [2.05, 4.69) is 4.98 Å². The molecular weight excluding hydrogens is 176 g/mol. The lowest BCUT2D eigenvalue weighted by Gasteiger charge is -1.99. The first-order valence-electron chi connectivity index (χ1n) is 3.54. The summed E-state index contributed by atoms with van der Waals surface area (Å²) in [6, 6.07) is 0. The molecule has 3 N–H and O–H groups in total. The van der Waals surface area contributed by atoms with Crippen LogP contribution in [-0.4, -0.2) is 21.0 Å². The zero-order valence-electron chi connectivity index (χ0n) is 6.88. The summed E-state index contributed by atoms with van der Waals surface area (Å²) in [5, 5.41) is 8.44. The van der Waals surface area contributed by atoms with Crippen LogP contribution in [0.5, 0.6) is 0 Å². The minimum Gasteiger partial charge on any atom is -0.481 e. The minimum absolute atomic E-state index is 0.0760. The van der Waals surface area contributed by atoms with E-state index in [9.17, 15) is 14.4 Å². The molecule has 0 aromatic carbocycles. The monoisotopic (exact) mass is 184 g/mol. The summed E-state index contributed by atoms with van der Waals surface area (Å²) < 4.78 is 0. The molecule has 6 nitrogen and oxygen atoms in total. The SMILES string of the molecule is Cc1[nH]c(=O)[nH]c(=O)c1CC(=O)O. The highest BCUT2D eigenvalue weighted by molar-refractivity contribution is 5.70. The summed E-state index contributed by atoms with van der Waals surface area (Å²) in [5.41, 5.74) is -0.913. The van der Waals surface area contributed by atoms with Crippen molar-refractivity contribution in [2.45, 2.75) is 13.3 Å². The first kappa shape index (κ1) is 9.24. The molecule has 1 rings (SSSR count). The van der Waals surface area contributed by atoms with Crippen LogP contribution in [0.2, 0.25) is 0 Å². The topological polar surface area (TPSA) is 103 Å². The number of rotatable bonds is 2. The average molecular weight is 184 g/mol. The van der Waals surface area contributed by atoms with E-state index >= 15 is 0 Å². The maximum absolute atomic E-state index is 11.1. The fourth-order valence-electron chi connectivity index (χ4n) is 0.990. The van der Waals surface area contributed by atoms with Crippen molar-refractivity contribution in [3.05, 3.63) is 32.1 Å². The molecule has 1 heterocycles. The molecular formula is C7H8N2O4. The van der Waals surface area contributed by atoms with Crippen LogP contribution in [0.25, 0.3) is 0 Å². The van der Waals surface area contributed by atoms with E-state index < -0.39 is 23.6 Å². The van der Waals surface area contributed by atoms with Crippen molar-refractivity contribution in [3.63, 3.8) is 0 Å². The van der Waals surface area contributed by atoms with E-state index in [1.165, 1.54) is 6.92 Å². The summed E-state index contributed by atoms with van der Waals surface area (Å²) in [6.07, 6.45) is -0.391. The van der Waals surface area contributed by atoms with Crippen LogP contribution in [0.1, 0.15) is 11.3 Å². The largest absolute Gasteiger partial charge is 0.481 e. The molecule has 0 aliphatic rings. The summed E-state index contributed by atoms with van der Waals surface area (Å²) in [6.45, 7) is 1.48. The Kier molecular flexibility index (Phi) is 2.32. The zero-order valence-corrected chi connectivity index (χ0v) is 6.88. The van der Waals surface area contributed by atoms with E-state index in [0.29, 0.717) is 0 Å². The van der Waals surface area contributed by atoms with Crippen molar-refractivity contribution in [1.29, 1.82) is 0 Å². The lowest BCUT2D eigenvalue weighted by Crippen LogP contribution is -2.28. The van der Waals surface area contributed by atoms with Crippen LogP contribution in [0.15, 0.2) is 9.59 Å². The van der Waals surface area contributed by atoms with E-state index in [4.69, 9.17) is 5.11 Å². The normalized spacial score (nSPS) is 9.92. The van der Waals surface area contributed by atoms with E-state index in [-0.39, 0.29) is 11.3 Å². The number of hydrogen-bond acceptors (Lipinski definition) is 3. The van der Waals surface area contributed by atoms with Gasteiger partial charge in [0.1, 0.15) is 0 Å². The second-order valence-corrected chi connectivity index (χ2v) is 2.58. The molecule has 70 valence electrons. The zero-order chi connectivity index (χ0) is 10.0. The van der Waals surface area contributed by atoms with Crippen molar-refractivity contribution in [2.24, 2.45) is 0 Å². The molecule has 0 saturated carbocycles. The van der Waals surface area contributed by atoms with Gasteiger partial charge < -0.3 is 10.1 Å². The van der Waals surface area contributed by atoms with E-state index in [1.807, 2.05) is 4.98 Å². The lowest BCUT2D eigenvalue weighted by atomic mass is 10.2. The van der Waals surface area contributed by atoms with Crippen molar-refractivity contribution in [1.82, 2.24) is 9.97 Å². The smallest absolute Gasteiger partial charge is 0.325 e. The Bertz CT molecular complexity index is 443. The van der Waals surface area contributed by atoms with Crippen LogP contribution in [-0.2, 0) is 11.2 Å². The third-order valence-corrected chi connectivity index (χ3v) is 1.58. The highest BCUT2D eigenvalue weighted by atomic mass is 16.4. The number of carbonyl (C=O) groups is 1. The molecule has 0 bridgehead atoms. The van der Waals surface area contributed by atoms with Gasteiger partial charge in [-0.05, 0) is 6.92 Å². The third kappa shape index (κ3) is 2.05. The maximum Gasteiger partial charge on any atom is 0.325 e. The second-order valence-electron chi connectivity index (χ2n) is 2.58. The number of carboxylic acids is 1. The van der Waals surface area contributed by atoms with E-state index in [0.717, 1.165) is 0 Å². The third-order valence-electron chi connectivity index (χ3n) is 1.58. The van der Waals surface area contributed by atoms with Gasteiger partial charge in [-0.1, -0.05) is 0 Å². The van der Waals surface area contributed by atoms with Crippen molar-refractivity contribution < 1.29 is 9.90 Å². The maximum atomic E-state index is 11.1. The van der Waals surface area contributed by atoms with Gasteiger partial charge in [-0.2, -0.15) is 0 Å². The van der Waals surface area contributed by atoms with Crippen LogP contribution in [0.3, 0.4) is 0 Å². The Morgan fingerprint density at radius 2 is 2.00 bits per heavy atom. The van der Waals surface area contributed by atoms with Gasteiger partial charge in [-0.15, -0.1) is 0 Å². The molecule has 0 spiro atoms. The number of aromatic amines is 2. The molecule has 0 fully saturated rings. The Balaban J connectivity index is 3.29. The lowest BCUT2D eigenvalue weighted by molar-refractivity contribution is -0.136. The first-order valence-corrected chi connectivity index (χ1v) is 3.54. The van der Waals surface area contributed by atoms with Gasteiger partial charge in [0.05, 0.1) is 6.42 Å². The van der Waals surface area contributed by atoms with Crippen molar-refractivity contribution in [3.8, 4) is 0 Å². The number of aryl methyl sites for hydroxylation is 1. The predicted octanol–water partition coefficient (Wildman–Crippen LogP) is -1.00. The molecule has 0 aliphatic carbocycles. The highest BCUT2D eigenvalue weighted by Crippen LogP contribution is 1.95. The van der Waals surface area contributed by atoms with Crippen LogP contribution >= 0.6 is 0 Å². The van der Waals surface area contributed by atoms with Gasteiger partial charge in [-0.3, -0.25) is 14.6 Å². The van der Waals surface area contributed by atoms with E-state index in [1.54, 1.807) is 0 Å². The van der Waals surface area contributed by atoms with Gasteiger partial charge >= 0.3 is 11.7 Å². The first-order chi connectivity index (χ1) is 6.00. The Morgan fingerprint density at radius 3 is 2.46 bits per heavy atom. The fourth-order valence-corrected chi connectivity index (χ4v) is 0.990. The quantitative estimate of drug-likeness (QED) is 0.548. The standard InChI is InChI=1S/C7H8N2O4/c1-3-4(2-5(10)11)6(12)9-7(13)8-3/h2H2,1H3,(H,10,11)(H2,8,9,12,13). The number of aliphatic carboxylic acids is 1. The van der Waals surface area contributed by atoms with Gasteiger partial charge in [0.25, 0.3) is 5.56 Å². The van der Waals surface area contributed by atoms with Crippen molar-refractivity contribution in [2.75, 3.05) is 0 Å². The van der Waals surface area contributed by atoms with Gasteiger partial charge in [0, 0.05) is 11.3 Å². The van der Waals surface area contributed by atoms with Gasteiger partial charge in [0.15, 0.2) is 0 Å². The predicted molar refractivity (Wildman–Crippen MR) is 43.8 cm³/mol. The molecule has 0 radical (unpaired) electrons. The molecule has 1 aromatic rings. The summed E-state index contributed by atoms with van der Waals surface area (Å²) in [4.78, 5) is 36.3. The molecule has 0 aliphatic heterocycles. The van der Waals surface area contributed by atoms with Gasteiger partial charge in [-0.25, -0.2) is 4.79 Å². The Labute approximate surface area is 72.2 Å². The van der Waals surface area contributed by atoms with Crippen molar-refractivity contribution >= 4 is 5.97 Å². The number of H-pyrrole nitrogens is 2. The van der Waals surface area contributed by atoms with Crippen LogP contribution < -0.4 is 11.2 Å². The number of nitrogens with one attached hydrogen (secondary N) is 2. The number of hydrogen-bond donors (Lipinski definition) is 3. The average Bonchev–Trinajstić information content (AvgIpc) is 1.96. The molecule has 0 amide bonds. The molecule has 0 atom stereocenters. The highest BCUT2D eigenvalue weighted by Gasteiger charge is 2.09. The minimum atomic E-state index is -1.11. The summed E-state index contributed by atoms with van der Waals surface area (Å²) in [5.74, 6) is -1.11. The number of carboxylic acid groups (broad SMARTS) is 1. The molecule has 6 heteroatoms. The number of aromatic nitrogens is 2. The second kappa shape index (κ2) is 3.26. The fraction of sp³-hybridized carbons (Fsp3) is 0.286. The Morgan fingerprint density at radius 1 is 1.38 bits per heavy atom. The van der Waals surface area contributed by atoms with Crippen LogP contribution in [0.4, 0.5) is 0 Å². The molecule has 13 heavy (non-hydrogen) atoms. The molecule has 1 aromatic heterocycles. The van der Waals surface area contributed by atoms with Crippen LogP contribution in [0, 0.1) is 6.92 Å². The molecule has 0 unspecified atom stereocenters.